The van der Waals surface area contributed by atoms with Crippen molar-refractivity contribution >= 4 is 10.4 Å². The van der Waals surface area contributed by atoms with Gasteiger partial charge < -0.3 is 9.11 Å². The van der Waals surface area contributed by atoms with Crippen molar-refractivity contribution in [2.24, 2.45) is 0 Å². The van der Waals surface area contributed by atoms with Gasteiger partial charge in [0.25, 0.3) is 0 Å². The Balaban J connectivity index is -0.0000000770. The number of hydrogen-bond donors (Lipinski definition) is 0. The second kappa shape index (κ2) is 18.2. The van der Waals surface area contributed by atoms with E-state index in [0.29, 0.717) is 0 Å². The van der Waals surface area contributed by atoms with E-state index in [2.05, 4.69) is 13.8 Å². The van der Waals surface area contributed by atoms with Crippen LogP contribution in [-0.2, 0) is 10.4 Å². The van der Waals surface area contributed by atoms with Crippen molar-refractivity contribution in [2.45, 2.75) is 52.4 Å². The standard InChI is InChI=1S/C8H18.2Na.H2O4S/c1-3-5-7-8-6-4-2;;;1-5(2,3)4/h3-8H2,1-2H3;;;(H2,1,2,3,4)/q;2*+1;/p-2. The Hall–Kier alpha value is 1.87. The van der Waals surface area contributed by atoms with E-state index in [-0.39, 0.29) is 59.1 Å². The molecule has 0 heterocycles. The van der Waals surface area contributed by atoms with Crippen LogP contribution < -0.4 is 59.1 Å². The number of unbranched alkanes of at least 4 members (excludes halogenated alkanes) is 5. The molecule has 0 aliphatic heterocycles. The summed E-state index contributed by atoms with van der Waals surface area (Å²) in [4.78, 5) is 0. The molecule has 7 heteroatoms. The first kappa shape index (κ1) is 25.7. The van der Waals surface area contributed by atoms with E-state index in [1.54, 1.807) is 0 Å². The van der Waals surface area contributed by atoms with E-state index in [9.17, 15) is 0 Å². The minimum absolute atomic E-state index is 0. The van der Waals surface area contributed by atoms with Gasteiger partial charge in [0.15, 0.2) is 0 Å². The smallest absolute Gasteiger partial charge is 0.759 e. The van der Waals surface area contributed by atoms with Crippen molar-refractivity contribution in [3.8, 4) is 0 Å². The predicted molar refractivity (Wildman–Crippen MR) is 49.5 cm³/mol. The second-order valence-corrected chi connectivity index (χ2v) is 3.64. The summed E-state index contributed by atoms with van der Waals surface area (Å²) in [5, 5.41) is 0. The molecule has 0 bridgehead atoms. The minimum Gasteiger partial charge on any atom is -0.759 e. The van der Waals surface area contributed by atoms with Crippen LogP contribution >= 0.6 is 0 Å². The molecule has 0 radical (unpaired) electrons. The van der Waals surface area contributed by atoms with Gasteiger partial charge in [-0.15, -0.1) is 0 Å². The normalized spacial score (nSPS) is 9.07. The van der Waals surface area contributed by atoms with Crippen molar-refractivity contribution < 1.29 is 76.6 Å². The number of rotatable bonds is 5. The van der Waals surface area contributed by atoms with Crippen LogP contribution in [0.5, 0.6) is 0 Å². The van der Waals surface area contributed by atoms with Crippen LogP contribution in [0.2, 0.25) is 0 Å². The van der Waals surface area contributed by atoms with Gasteiger partial charge in [-0.2, -0.15) is 0 Å². The molecule has 0 saturated heterocycles. The van der Waals surface area contributed by atoms with Gasteiger partial charge in [-0.05, 0) is 0 Å². The van der Waals surface area contributed by atoms with E-state index in [1.165, 1.54) is 38.5 Å². The summed E-state index contributed by atoms with van der Waals surface area (Å²) < 4.78 is 34.1. The first-order valence-electron chi connectivity index (χ1n) is 4.58. The Morgan fingerprint density at radius 3 is 1.13 bits per heavy atom. The Morgan fingerprint density at radius 2 is 1.00 bits per heavy atom. The molecule has 82 valence electrons. The summed E-state index contributed by atoms with van der Waals surface area (Å²) in [5.41, 5.74) is 0. The molecule has 0 spiro atoms. The van der Waals surface area contributed by atoms with Gasteiger partial charge >= 0.3 is 59.1 Å². The third-order valence-corrected chi connectivity index (χ3v) is 1.46. The molecule has 0 aromatic carbocycles. The zero-order chi connectivity index (χ0) is 10.7. The number of hydrogen-bond acceptors (Lipinski definition) is 4. The van der Waals surface area contributed by atoms with Crippen LogP contribution in [0.4, 0.5) is 0 Å². The average Bonchev–Trinajstić information content (AvgIpc) is 1.95. The molecular formula is C8H18Na2O4S. The molecule has 0 aromatic rings. The summed E-state index contributed by atoms with van der Waals surface area (Å²) in [6.07, 6.45) is 8.49. The predicted octanol–water partition coefficient (Wildman–Crippen LogP) is -3.96. The molecule has 0 rings (SSSR count). The molecule has 0 atom stereocenters. The molecule has 0 N–H and O–H groups in total. The molecule has 0 fully saturated rings. The molecule has 0 amide bonds. The Kier molecular flexibility index (Phi) is 31.2. The molecule has 0 aromatic heterocycles. The average molecular weight is 256 g/mol. The fourth-order valence-corrected chi connectivity index (χ4v) is 0.854. The third kappa shape index (κ3) is 64.7. The van der Waals surface area contributed by atoms with Crippen LogP contribution in [0.15, 0.2) is 0 Å². The topological polar surface area (TPSA) is 80.3 Å². The van der Waals surface area contributed by atoms with E-state index < -0.39 is 10.4 Å². The van der Waals surface area contributed by atoms with Crippen LogP contribution in [0.25, 0.3) is 0 Å². The van der Waals surface area contributed by atoms with Crippen molar-refractivity contribution in [3.63, 3.8) is 0 Å². The van der Waals surface area contributed by atoms with Gasteiger partial charge in [0.1, 0.15) is 0 Å². The fourth-order valence-electron chi connectivity index (χ4n) is 0.854. The Bertz CT molecular complexity index is 169. The molecular weight excluding hydrogens is 238 g/mol. The summed E-state index contributed by atoms with van der Waals surface area (Å²) >= 11 is 0. The minimum atomic E-state index is -5.17. The first-order chi connectivity index (χ1) is 5.91. The maximum Gasteiger partial charge on any atom is 1.00 e. The maximum absolute atomic E-state index is 8.52. The van der Waals surface area contributed by atoms with Gasteiger partial charge in [0, 0.05) is 10.4 Å². The quantitative estimate of drug-likeness (QED) is 0.217. The van der Waals surface area contributed by atoms with E-state index >= 15 is 0 Å². The van der Waals surface area contributed by atoms with E-state index in [4.69, 9.17) is 17.5 Å². The van der Waals surface area contributed by atoms with Crippen molar-refractivity contribution in [1.29, 1.82) is 0 Å². The summed E-state index contributed by atoms with van der Waals surface area (Å²) in [6.45, 7) is 4.51. The van der Waals surface area contributed by atoms with Crippen LogP contribution in [0.3, 0.4) is 0 Å². The van der Waals surface area contributed by atoms with Gasteiger partial charge in [-0.1, -0.05) is 52.4 Å². The SMILES string of the molecule is CCCCCCCC.O=S(=O)([O-])[O-].[Na+].[Na+]. The van der Waals surface area contributed by atoms with Crippen LogP contribution in [-0.4, -0.2) is 17.5 Å². The Morgan fingerprint density at radius 1 is 0.800 bits per heavy atom. The van der Waals surface area contributed by atoms with Crippen molar-refractivity contribution in [2.75, 3.05) is 0 Å². The van der Waals surface area contributed by atoms with E-state index in [0.717, 1.165) is 0 Å². The molecule has 0 aliphatic rings. The van der Waals surface area contributed by atoms with Crippen LogP contribution in [0.1, 0.15) is 52.4 Å². The maximum atomic E-state index is 8.52. The summed E-state index contributed by atoms with van der Waals surface area (Å²) in [5.74, 6) is 0. The zero-order valence-electron chi connectivity index (χ0n) is 10.3. The summed E-state index contributed by atoms with van der Waals surface area (Å²) in [7, 11) is -5.17. The largest absolute Gasteiger partial charge is 1.00 e. The Labute approximate surface area is 138 Å². The monoisotopic (exact) mass is 256 g/mol. The van der Waals surface area contributed by atoms with Crippen molar-refractivity contribution in [1.82, 2.24) is 0 Å². The van der Waals surface area contributed by atoms with Gasteiger partial charge in [0.05, 0.1) is 0 Å². The van der Waals surface area contributed by atoms with Gasteiger partial charge in [-0.25, -0.2) is 0 Å². The third-order valence-electron chi connectivity index (χ3n) is 1.46. The van der Waals surface area contributed by atoms with Crippen LogP contribution in [0, 0.1) is 0 Å². The molecule has 4 nitrogen and oxygen atoms in total. The molecule has 0 unspecified atom stereocenters. The first-order valence-corrected chi connectivity index (χ1v) is 5.91. The molecule has 15 heavy (non-hydrogen) atoms. The summed E-state index contributed by atoms with van der Waals surface area (Å²) in [6, 6.07) is 0. The molecule has 0 aliphatic carbocycles. The van der Waals surface area contributed by atoms with Gasteiger partial charge in [-0.3, -0.25) is 8.42 Å². The van der Waals surface area contributed by atoms with E-state index in [1.807, 2.05) is 0 Å². The zero-order valence-corrected chi connectivity index (χ0v) is 15.1. The second-order valence-electron chi connectivity index (χ2n) is 2.82. The van der Waals surface area contributed by atoms with Crippen molar-refractivity contribution in [3.05, 3.63) is 0 Å². The van der Waals surface area contributed by atoms with Gasteiger partial charge in [0.2, 0.25) is 0 Å². The molecule has 0 saturated carbocycles. The fraction of sp³-hybridized carbons (Fsp3) is 1.00.